The van der Waals surface area contributed by atoms with Gasteiger partial charge in [0.1, 0.15) is 0 Å². The number of nitrogens with zero attached hydrogens (tertiary/aromatic N) is 3. The lowest BCUT2D eigenvalue weighted by atomic mass is 10.3. The number of hydrogen-bond acceptors (Lipinski definition) is 5. The summed E-state index contributed by atoms with van der Waals surface area (Å²) >= 11 is 1.44. The first-order valence-electron chi connectivity index (χ1n) is 6.86. The Labute approximate surface area is 128 Å². The highest BCUT2D eigenvalue weighted by Crippen LogP contribution is 2.26. The third kappa shape index (κ3) is 4.18. The fourth-order valence-corrected chi connectivity index (χ4v) is 3.14. The molecule has 0 aromatic heterocycles. The van der Waals surface area contributed by atoms with Crippen LogP contribution >= 0.6 is 11.8 Å². The number of likely N-dealkylation sites (N-methyl/N-ethyl adjacent to an activating group) is 1. The van der Waals surface area contributed by atoms with Crippen LogP contribution in [0.25, 0.3) is 0 Å². The van der Waals surface area contributed by atoms with Crippen LogP contribution in [-0.4, -0.2) is 59.1 Å². The first kappa shape index (κ1) is 15.8. The Morgan fingerprint density at radius 1 is 1.24 bits per heavy atom. The largest absolute Gasteiger partial charge is 0.339 e. The maximum atomic E-state index is 12.4. The molecular weight excluding hydrogens is 290 g/mol. The summed E-state index contributed by atoms with van der Waals surface area (Å²) in [6, 6.07) is 6.32. The number of non-ortho nitro benzene ring substituents is 1. The summed E-state index contributed by atoms with van der Waals surface area (Å²) in [5.41, 5.74) is 0.0670. The Balaban J connectivity index is 1.92. The normalized spacial score (nSPS) is 17.5. The zero-order valence-electron chi connectivity index (χ0n) is 12.2. The molecule has 1 saturated heterocycles. The monoisotopic (exact) mass is 309 g/mol. The number of nitro benzene ring substituents is 1. The molecule has 0 N–H and O–H groups in total. The maximum Gasteiger partial charge on any atom is 0.269 e. The van der Waals surface area contributed by atoms with E-state index in [9.17, 15) is 14.9 Å². The van der Waals surface area contributed by atoms with Gasteiger partial charge in [-0.15, -0.1) is 11.8 Å². The van der Waals surface area contributed by atoms with Gasteiger partial charge in [-0.25, -0.2) is 0 Å². The van der Waals surface area contributed by atoms with Crippen LogP contribution in [0.1, 0.15) is 6.92 Å². The second-order valence-corrected chi connectivity index (χ2v) is 6.55. The van der Waals surface area contributed by atoms with E-state index >= 15 is 0 Å². The van der Waals surface area contributed by atoms with Gasteiger partial charge in [-0.2, -0.15) is 0 Å². The molecule has 1 aromatic carbocycles. The van der Waals surface area contributed by atoms with Crippen molar-refractivity contribution in [2.75, 3.05) is 33.2 Å². The first-order chi connectivity index (χ1) is 9.97. The molecule has 0 radical (unpaired) electrons. The number of piperazine rings is 1. The smallest absolute Gasteiger partial charge is 0.269 e. The second kappa shape index (κ2) is 6.91. The fourth-order valence-electron chi connectivity index (χ4n) is 2.18. The predicted octanol–water partition coefficient (Wildman–Crippen LogP) is 1.85. The minimum atomic E-state index is -0.423. The minimum Gasteiger partial charge on any atom is -0.339 e. The lowest BCUT2D eigenvalue weighted by molar-refractivity contribution is -0.384. The van der Waals surface area contributed by atoms with Gasteiger partial charge in [0, 0.05) is 43.2 Å². The predicted molar refractivity (Wildman–Crippen MR) is 82.5 cm³/mol. The second-order valence-electron chi connectivity index (χ2n) is 5.14. The molecule has 0 bridgehead atoms. The van der Waals surface area contributed by atoms with Crippen molar-refractivity contribution in [2.24, 2.45) is 0 Å². The Morgan fingerprint density at radius 3 is 2.33 bits per heavy atom. The van der Waals surface area contributed by atoms with Gasteiger partial charge < -0.3 is 9.80 Å². The first-order valence-corrected chi connectivity index (χ1v) is 7.74. The summed E-state index contributed by atoms with van der Waals surface area (Å²) in [6.45, 7) is 5.22. The molecule has 0 saturated carbocycles. The van der Waals surface area contributed by atoms with Crippen LogP contribution in [0.4, 0.5) is 5.69 Å². The van der Waals surface area contributed by atoms with Crippen LogP contribution in [0.3, 0.4) is 0 Å². The van der Waals surface area contributed by atoms with Crippen LogP contribution in [0, 0.1) is 10.1 Å². The van der Waals surface area contributed by atoms with Crippen LogP contribution in [0.5, 0.6) is 0 Å². The lowest BCUT2D eigenvalue weighted by Gasteiger charge is -2.33. The molecule has 2 rings (SSSR count). The van der Waals surface area contributed by atoms with E-state index in [2.05, 4.69) is 11.9 Å². The zero-order chi connectivity index (χ0) is 15.4. The number of amides is 1. The molecule has 1 unspecified atom stereocenters. The topological polar surface area (TPSA) is 66.7 Å². The van der Waals surface area contributed by atoms with Gasteiger partial charge in [0.15, 0.2) is 0 Å². The Morgan fingerprint density at radius 2 is 1.81 bits per heavy atom. The highest BCUT2D eigenvalue weighted by Gasteiger charge is 2.24. The molecular formula is C14H19N3O3S. The standard InChI is InChI=1S/C14H19N3O3S/c1-11(14(18)16-9-7-15(2)8-10-16)21-13-5-3-12(4-6-13)17(19)20/h3-6,11H,7-10H2,1-2H3. The number of carbonyl (C=O) groups is 1. The van der Waals surface area contributed by atoms with E-state index in [4.69, 9.17) is 0 Å². The molecule has 1 fully saturated rings. The van der Waals surface area contributed by atoms with Crippen molar-refractivity contribution in [2.45, 2.75) is 17.1 Å². The molecule has 7 heteroatoms. The van der Waals surface area contributed by atoms with Crippen LogP contribution in [0.15, 0.2) is 29.2 Å². The van der Waals surface area contributed by atoms with Gasteiger partial charge in [-0.05, 0) is 26.1 Å². The molecule has 0 spiro atoms. The van der Waals surface area contributed by atoms with Crippen molar-refractivity contribution in [3.63, 3.8) is 0 Å². The van der Waals surface area contributed by atoms with Crippen molar-refractivity contribution >= 4 is 23.4 Å². The third-order valence-corrected chi connectivity index (χ3v) is 4.62. The van der Waals surface area contributed by atoms with E-state index in [-0.39, 0.29) is 16.8 Å². The van der Waals surface area contributed by atoms with E-state index in [0.29, 0.717) is 0 Å². The maximum absolute atomic E-state index is 12.4. The van der Waals surface area contributed by atoms with Crippen molar-refractivity contribution in [1.82, 2.24) is 9.80 Å². The third-order valence-electron chi connectivity index (χ3n) is 3.52. The van der Waals surface area contributed by atoms with Crippen LogP contribution in [-0.2, 0) is 4.79 Å². The fraction of sp³-hybridized carbons (Fsp3) is 0.500. The van der Waals surface area contributed by atoms with Gasteiger partial charge in [-0.1, -0.05) is 0 Å². The van der Waals surface area contributed by atoms with Gasteiger partial charge in [0.05, 0.1) is 10.2 Å². The van der Waals surface area contributed by atoms with E-state index < -0.39 is 4.92 Å². The highest BCUT2D eigenvalue weighted by atomic mass is 32.2. The van der Waals surface area contributed by atoms with Crippen molar-refractivity contribution < 1.29 is 9.72 Å². The average Bonchev–Trinajstić information content (AvgIpc) is 2.47. The van der Waals surface area contributed by atoms with Crippen molar-refractivity contribution in [3.05, 3.63) is 34.4 Å². The number of benzene rings is 1. The summed E-state index contributed by atoms with van der Waals surface area (Å²) in [4.78, 5) is 27.5. The Bertz CT molecular complexity index is 513. The lowest BCUT2D eigenvalue weighted by Crippen LogP contribution is -2.49. The SMILES string of the molecule is CC(Sc1ccc([N+](=O)[O-])cc1)C(=O)N1CCN(C)CC1. The van der Waals surface area contributed by atoms with Gasteiger partial charge >= 0.3 is 0 Å². The number of rotatable bonds is 4. The van der Waals surface area contributed by atoms with Crippen molar-refractivity contribution in [3.8, 4) is 0 Å². The zero-order valence-corrected chi connectivity index (χ0v) is 13.0. The average molecular weight is 309 g/mol. The molecule has 6 nitrogen and oxygen atoms in total. The number of thioether (sulfide) groups is 1. The molecule has 0 aliphatic carbocycles. The van der Waals surface area contributed by atoms with Crippen LogP contribution in [0.2, 0.25) is 0 Å². The van der Waals surface area contributed by atoms with Crippen LogP contribution < -0.4 is 0 Å². The highest BCUT2D eigenvalue weighted by molar-refractivity contribution is 8.00. The Kier molecular flexibility index (Phi) is 5.19. The quantitative estimate of drug-likeness (QED) is 0.482. The minimum absolute atomic E-state index is 0.0670. The summed E-state index contributed by atoms with van der Waals surface area (Å²) in [5.74, 6) is 0.131. The molecule has 1 amide bonds. The summed E-state index contributed by atoms with van der Waals surface area (Å²) < 4.78 is 0. The van der Waals surface area contributed by atoms with Crippen molar-refractivity contribution in [1.29, 1.82) is 0 Å². The number of carbonyl (C=O) groups excluding carboxylic acids is 1. The summed E-state index contributed by atoms with van der Waals surface area (Å²) in [5, 5.41) is 10.4. The molecule has 1 aliphatic rings. The molecule has 1 heterocycles. The Hall–Kier alpha value is -1.60. The van der Waals surface area contributed by atoms with Gasteiger partial charge in [0.25, 0.3) is 5.69 Å². The number of hydrogen-bond donors (Lipinski definition) is 0. The molecule has 21 heavy (non-hydrogen) atoms. The summed E-state index contributed by atoms with van der Waals surface area (Å²) in [6.07, 6.45) is 0. The molecule has 1 aliphatic heterocycles. The number of nitro groups is 1. The van der Waals surface area contributed by atoms with E-state index in [1.807, 2.05) is 11.8 Å². The summed E-state index contributed by atoms with van der Waals surface area (Å²) in [7, 11) is 2.05. The van der Waals surface area contributed by atoms with Gasteiger partial charge in [0.2, 0.25) is 5.91 Å². The molecule has 1 atom stereocenters. The molecule has 114 valence electrons. The molecule has 1 aromatic rings. The van der Waals surface area contributed by atoms with E-state index in [0.717, 1.165) is 31.1 Å². The van der Waals surface area contributed by atoms with E-state index in [1.54, 1.807) is 12.1 Å². The van der Waals surface area contributed by atoms with Gasteiger partial charge in [-0.3, -0.25) is 14.9 Å². The van der Waals surface area contributed by atoms with E-state index in [1.165, 1.54) is 23.9 Å².